The number of aromatic nitrogens is 2. The highest BCUT2D eigenvalue weighted by Crippen LogP contribution is 2.11. The fourth-order valence-electron chi connectivity index (χ4n) is 2.06. The largest absolute Gasteiger partial charge is 0.481 e. The third kappa shape index (κ3) is 4.03. The van der Waals surface area contributed by atoms with E-state index in [1.54, 1.807) is 6.33 Å². The van der Waals surface area contributed by atoms with Crippen LogP contribution in [0.4, 0.5) is 0 Å². The van der Waals surface area contributed by atoms with Crippen LogP contribution in [0, 0.1) is 0 Å². The molecule has 1 aromatic heterocycles. The first-order chi connectivity index (χ1) is 10.1. The van der Waals surface area contributed by atoms with Gasteiger partial charge in [0.25, 0.3) is 0 Å². The number of aryl methyl sites for hydroxylation is 1. The topological polar surface area (TPSA) is 110 Å². The number of carboxylic acid groups (broad SMARTS) is 1. The molecule has 4 N–H and O–H groups in total. The molecule has 1 atom stereocenters. The Bertz CT molecular complexity index is 638. The Kier molecular flexibility index (Phi) is 4.89. The van der Waals surface area contributed by atoms with Crippen molar-refractivity contribution >= 4 is 22.9 Å². The molecule has 7 heteroatoms. The summed E-state index contributed by atoms with van der Waals surface area (Å²) in [6, 6.07) is 6.82. The maximum atomic E-state index is 11.5. The molecule has 0 saturated heterocycles. The minimum Gasteiger partial charge on any atom is -0.481 e. The zero-order valence-electron chi connectivity index (χ0n) is 11.5. The molecule has 1 heterocycles. The molecule has 1 aromatic carbocycles. The molecule has 1 amide bonds. The molecule has 2 rings (SSSR count). The van der Waals surface area contributed by atoms with Crippen LogP contribution in [0.15, 0.2) is 30.6 Å². The second-order valence-corrected chi connectivity index (χ2v) is 4.78. The van der Waals surface area contributed by atoms with Crippen LogP contribution in [0.5, 0.6) is 0 Å². The molecule has 0 fully saturated rings. The summed E-state index contributed by atoms with van der Waals surface area (Å²) in [5, 5.41) is 11.2. The van der Waals surface area contributed by atoms with Crippen molar-refractivity contribution in [3.8, 4) is 0 Å². The van der Waals surface area contributed by atoms with Crippen molar-refractivity contribution in [3.63, 3.8) is 0 Å². The normalized spacial score (nSPS) is 12.2. The molecule has 0 saturated carbocycles. The first-order valence-corrected chi connectivity index (χ1v) is 6.73. The van der Waals surface area contributed by atoms with Crippen molar-refractivity contribution in [2.45, 2.75) is 25.4 Å². The first-order valence-electron chi connectivity index (χ1n) is 6.73. The van der Waals surface area contributed by atoms with Gasteiger partial charge >= 0.3 is 5.97 Å². The molecule has 0 radical (unpaired) electrons. The summed E-state index contributed by atoms with van der Waals surface area (Å²) < 4.78 is 2.01. The Balaban J connectivity index is 1.77. The fourth-order valence-corrected chi connectivity index (χ4v) is 2.06. The smallest absolute Gasteiger partial charge is 0.305 e. The maximum Gasteiger partial charge on any atom is 0.305 e. The second-order valence-electron chi connectivity index (χ2n) is 4.78. The lowest BCUT2D eigenvalue weighted by atomic mass is 10.2. The lowest BCUT2D eigenvalue weighted by Crippen LogP contribution is -2.42. The number of nitrogens with one attached hydrogen (secondary N) is 1. The number of benzene rings is 1. The van der Waals surface area contributed by atoms with Crippen LogP contribution < -0.4 is 11.1 Å². The third-order valence-electron chi connectivity index (χ3n) is 3.13. The van der Waals surface area contributed by atoms with Crippen molar-refractivity contribution in [2.24, 2.45) is 5.73 Å². The van der Waals surface area contributed by atoms with Crippen LogP contribution in [0.2, 0.25) is 0 Å². The van der Waals surface area contributed by atoms with Crippen LogP contribution in [0.1, 0.15) is 12.8 Å². The molecule has 0 aliphatic carbocycles. The number of carbonyl (C=O) groups is 2. The minimum absolute atomic E-state index is 0.363. The highest BCUT2D eigenvalue weighted by atomic mass is 16.4. The van der Waals surface area contributed by atoms with Gasteiger partial charge in [0.2, 0.25) is 5.91 Å². The lowest BCUT2D eigenvalue weighted by Gasteiger charge is -2.10. The van der Waals surface area contributed by atoms with E-state index in [4.69, 9.17) is 10.8 Å². The van der Waals surface area contributed by atoms with E-state index in [1.165, 1.54) is 0 Å². The average Bonchev–Trinajstić information content (AvgIpc) is 2.86. The predicted molar refractivity (Wildman–Crippen MR) is 77.6 cm³/mol. The zero-order valence-corrected chi connectivity index (χ0v) is 11.5. The summed E-state index contributed by atoms with van der Waals surface area (Å²) in [6.45, 7) is 1.16. The van der Waals surface area contributed by atoms with Gasteiger partial charge in [-0.2, -0.15) is 0 Å². The molecule has 0 bridgehead atoms. The number of amides is 1. The maximum absolute atomic E-state index is 11.5. The second kappa shape index (κ2) is 6.85. The number of nitrogens with zero attached hydrogens (tertiary/aromatic N) is 2. The summed E-state index contributed by atoms with van der Waals surface area (Å²) in [5.74, 6) is -1.52. The number of para-hydroxylation sites is 2. The van der Waals surface area contributed by atoms with E-state index in [-0.39, 0.29) is 6.42 Å². The summed E-state index contributed by atoms with van der Waals surface area (Å²) in [6.07, 6.45) is 2.12. The molecule has 0 aliphatic heterocycles. The van der Waals surface area contributed by atoms with Crippen molar-refractivity contribution in [1.29, 1.82) is 0 Å². The SMILES string of the molecule is NC(CC(=O)O)C(=O)NCCCn1cnc2ccccc21. The van der Waals surface area contributed by atoms with E-state index in [0.717, 1.165) is 17.6 Å². The monoisotopic (exact) mass is 290 g/mol. The lowest BCUT2D eigenvalue weighted by molar-refractivity contribution is -0.139. The number of aliphatic carboxylic acids is 1. The standard InChI is InChI=1S/C14H18N4O3/c15-10(8-13(19)20)14(21)16-6-3-7-18-9-17-11-4-1-2-5-12(11)18/h1-2,4-5,9-10H,3,6-8,15H2,(H,16,21)(H,19,20). The summed E-state index contributed by atoms with van der Waals surface area (Å²) in [7, 11) is 0. The Labute approximate surface area is 121 Å². The van der Waals surface area contributed by atoms with Crippen LogP contribution >= 0.6 is 0 Å². The van der Waals surface area contributed by atoms with Gasteiger partial charge in [0.05, 0.1) is 29.8 Å². The summed E-state index contributed by atoms with van der Waals surface area (Å²) in [4.78, 5) is 26.3. The van der Waals surface area contributed by atoms with Crippen molar-refractivity contribution in [1.82, 2.24) is 14.9 Å². The van der Waals surface area contributed by atoms with Gasteiger partial charge in [-0.25, -0.2) is 4.98 Å². The van der Waals surface area contributed by atoms with Crippen LogP contribution in [-0.4, -0.2) is 39.1 Å². The van der Waals surface area contributed by atoms with E-state index in [0.29, 0.717) is 13.0 Å². The van der Waals surface area contributed by atoms with Gasteiger partial charge < -0.3 is 20.7 Å². The quantitative estimate of drug-likeness (QED) is 0.637. The number of hydrogen-bond donors (Lipinski definition) is 3. The number of imidazole rings is 1. The third-order valence-corrected chi connectivity index (χ3v) is 3.13. The Morgan fingerprint density at radius 2 is 2.14 bits per heavy atom. The van der Waals surface area contributed by atoms with E-state index in [2.05, 4.69) is 10.3 Å². The molecular weight excluding hydrogens is 272 g/mol. The zero-order chi connectivity index (χ0) is 15.2. The van der Waals surface area contributed by atoms with Crippen LogP contribution in [-0.2, 0) is 16.1 Å². The first kappa shape index (κ1) is 15.0. The van der Waals surface area contributed by atoms with Gasteiger partial charge in [0, 0.05) is 13.1 Å². The summed E-state index contributed by atoms with van der Waals surface area (Å²) >= 11 is 0. The van der Waals surface area contributed by atoms with E-state index < -0.39 is 17.9 Å². The number of hydrogen-bond acceptors (Lipinski definition) is 4. The Morgan fingerprint density at radius 3 is 2.90 bits per heavy atom. The van der Waals surface area contributed by atoms with Gasteiger partial charge in [0.15, 0.2) is 0 Å². The number of fused-ring (bicyclic) bond motifs is 1. The van der Waals surface area contributed by atoms with Crippen molar-refractivity contribution < 1.29 is 14.7 Å². The molecule has 0 spiro atoms. The fraction of sp³-hybridized carbons (Fsp3) is 0.357. The molecule has 7 nitrogen and oxygen atoms in total. The highest BCUT2D eigenvalue weighted by molar-refractivity contribution is 5.85. The number of carbonyl (C=O) groups excluding carboxylic acids is 1. The van der Waals surface area contributed by atoms with Gasteiger partial charge in [-0.3, -0.25) is 9.59 Å². The van der Waals surface area contributed by atoms with Crippen molar-refractivity contribution in [3.05, 3.63) is 30.6 Å². The molecule has 0 aliphatic rings. The molecule has 21 heavy (non-hydrogen) atoms. The molecular formula is C14H18N4O3. The molecule has 112 valence electrons. The highest BCUT2D eigenvalue weighted by Gasteiger charge is 2.16. The predicted octanol–water partition coefficient (Wildman–Crippen LogP) is 0.345. The molecule has 2 aromatic rings. The van der Waals surface area contributed by atoms with Gasteiger partial charge in [-0.15, -0.1) is 0 Å². The number of rotatable bonds is 7. The number of nitrogens with two attached hydrogens (primary N) is 1. The number of carboxylic acids is 1. The van der Waals surface area contributed by atoms with E-state index >= 15 is 0 Å². The average molecular weight is 290 g/mol. The minimum atomic E-state index is -1.08. The van der Waals surface area contributed by atoms with E-state index in [1.807, 2.05) is 28.8 Å². The Morgan fingerprint density at radius 1 is 1.38 bits per heavy atom. The van der Waals surface area contributed by atoms with Gasteiger partial charge in [-0.05, 0) is 18.6 Å². The van der Waals surface area contributed by atoms with Crippen molar-refractivity contribution in [2.75, 3.05) is 6.54 Å². The summed E-state index contributed by atoms with van der Waals surface area (Å²) in [5.41, 5.74) is 7.44. The van der Waals surface area contributed by atoms with Gasteiger partial charge in [0.1, 0.15) is 0 Å². The molecule has 1 unspecified atom stereocenters. The van der Waals surface area contributed by atoms with Gasteiger partial charge in [-0.1, -0.05) is 12.1 Å². The Hall–Kier alpha value is -2.41. The van der Waals surface area contributed by atoms with E-state index in [9.17, 15) is 9.59 Å². The van der Waals surface area contributed by atoms with Crippen LogP contribution in [0.3, 0.4) is 0 Å². The van der Waals surface area contributed by atoms with Crippen LogP contribution in [0.25, 0.3) is 11.0 Å².